The van der Waals surface area contributed by atoms with Crippen molar-refractivity contribution in [1.82, 2.24) is 4.98 Å². The Balaban J connectivity index is 2.16. The molecule has 0 aliphatic rings. The van der Waals surface area contributed by atoms with E-state index < -0.39 is 22.9 Å². The fraction of sp³-hybridized carbons (Fsp3) is 0.250. The Hall–Kier alpha value is -2.41. The predicted molar refractivity (Wildman–Crippen MR) is 82.7 cm³/mol. The van der Waals surface area contributed by atoms with E-state index in [-0.39, 0.29) is 11.5 Å². The van der Waals surface area contributed by atoms with E-state index in [0.717, 1.165) is 6.20 Å². The summed E-state index contributed by atoms with van der Waals surface area (Å²) in [5.74, 6) is 0.781. The molecule has 5 nitrogen and oxygen atoms in total. The number of rotatable bonds is 3. The third kappa shape index (κ3) is 4.36. The molecule has 0 spiro atoms. The summed E-state index contributed by atoms with van der Waals surface area (Å²) in [7, 11) is 0. The van der Waals surface area contributed by atoms with Crippen molar-refractivity contribution >= 4 is 17.3 Å². The van der Waals surface area contributed by atoms with E-state index in [2.05, 4.69) is 16.8 Å². The molecule has 0 saturated carbocycles. The quantitative estimate of drug-likeness (QED) is 0.492. The first-order valence-electron chi connectivity index (χ1n) is 6.92. The van der Waals surface area contributed by atoms with Crippen LogP contribution in [0.2, 0.25) is 0 Å². The predicted octanol–water partition coefficient (Wildman–Crippen LogP) is 2.42. The molecule has 0 fully saturated rings. The van der Waals surface area contributed by atoms with Gasteiger partial charge in [0.2, 0.25) is 0 Å². The molecule has 0 radical (unpaired) electrons. The molecule has 0 atom stereocenters. The molecule has 0 aliphatic heterocycles. The van der Waals surface area contributed by atoms with Crippen LogP contribution in [0.3, 0.4) is 0 Å². The highest BCUT2D eigenvalue weighted by atomic mass is 32.1. The van der Waals surface area contributed by atoms with Gasteiger partial charge in [0.05, 0.1) is 23.2 Å². The molecule has 1 aromatic heterocycles. The van der Waals surface area contributed by atoms with Gasteiger partial charge in [-0.1, -0.05) is 5.92 Å². The molecule has 0 unspecified atom stereocenters. The molecular formula is C16H12F3NO4S. The average Bonchev–Trinajstić information content (AvgIpc) is 3.02. The second-order valence-corrected chi connectivity index (χ2v) is 5.78. The maximum atomic E-state index is 12.5. The van der Waals surface area contributed by atoms with Crippen LogP contribution < -0.4 is 0 Å². The number of carbonyl (C=O) groups excluding carboxylic acids is 1. The summed E-state index contributed by atoms with van der Waals surface area (Å²) in [5.41, 5.74) is 0.862. The average molecular weight is 371 g/mol. The maximum absolute atomic E-state index is 12.5. The third-order valence-electron chi connectivity index (χ3n) is 2.93. The van der Waals surface area contributed by atoms with E-state index in [1.807, 2.05) is 0 Å². The molecule has 0 amide bonds. The number of aromatic nitrogens is 1. The van der Waals surface area contributed by atoms with Crippen LogP contribution in [0.1, 0.15) is 32.7 Å². The van der Waals surface area contributed by atoms with Crippen LogP contribution in [0.5, 0.6) is 0 Å². The summed E-state index contributed by atoms with van der Waals surface area (Å²) in [6, 6.07) is 6.13. The minimum absolute atomic E-state index is 0.126. The summed E-state index contributed by atoms with van der Waals surface area (Å²) in [5, 5.41) is 17.4. The van der Waals surface area contributed by atoms with Crippen LogP contribution in [0.4, 0.5) is 13.2 Å². The van der Waals surface area contributed by atoms with Gasteiger partial charge >= 0.3 is 17.9 Å². The first-order chi connectivity index (χ1) is 11.6. The SMILES string of the molecule is CCOC(=O)c1ccc(C#Cc2cnc(C(O)(O)C(F)(F)F)s2)cc1. The standard InChI is InChI=1S/C16H12F3NO4S/c1-2-24-13(21)11-6-3-10(4-7-11)5-8-12-9-20-14(25-12)15(22,23)16(17,18)19/h3-4,6-7,9,22-23H,2H2,1H3. The summed E-state index contributed by atoms with van der Waals surface area (Å²) >= 11 is 0.422. The molecule has 132 valence electrons. The van der Waals surface area contributed by atoms with Crippen LogP contribution in [-0.2, 0) is 10.5 Å². The molecule has 2 rings (SSSR count). The van der Waals surface area contributed by atoms with Crippen molar-refractivity contribution in [2.45, 2.75) is 18.9 Å². The molecule has 0 saturated heterocycles. The Morgan fingerprint density at radius 1 is 1.24 bits per heavy atom. The molecule has 9 heteroatoms. The lowest BCUT2D eigenvalue weighted by molar-refractivity contribution is -0.358. The lowest BCUT2D eigenvalue weighted by Gasteiger charge is -2.21. The zero-order valence-electron chi connectivity index (χ0n) is 12.8. The van der Waals surface area contributed by atoms with Gasteiger partial charge in [-0.3, -0.25) is 0 Å². The highest BCUT2D eigenvalue weighted by molar-refractivity contribution is 7.12. The fourth-order valence-electron chi connectivity index (χ4n) is 1.65. The van der Waals surface area contributed by atoms with Gasteiger partial charge in [0.1, 0.15) is 0 Å². The highest BCUT2D eigenvalue weighted by Gasteiger charge is 2.56. The number of hydrogen-bond acceptors (Lipinski definition) is 6. The maximum Gasteiger partial charge on any atom is 0.450 e. The largest absolute Gasteiger partial charge is 0.462 e. The zero-order chi connectivity index (χ0) is 18.7. The van der Waals surface area contributed by atoms with Crippen LogP contribution in [0, 0.1) is 11.8 Å². The first kappa shape index (κ1) is 18.9. The molecule has 2 aromatic rings. The molecule has 2 N–H and O–H groups in total. The van der Waals surface area contributed by atoms with Crippen molar-refractivity contribution < 1.29 is 32.9 Å². The highest BCUT2D eigenvalue weighted by Crippen LogP contribution is 2.38. The fourth-order valence-corrected chi connectivity index (χ4v) is 2.43. The smallest absolute Gasteiger partial charge is 0.450 e. The minimum atomic E-state index is -5.27. The number of alkyl halides is 3. The third-order valence-corrected chi connectivity index (χ3v) is 3.94. The van der Waals surface area contributed by atoms with Crippen LogP contribution in [0.15, 0.2) is 30.5 Å². The topological polar surface area (TPSA) is 79.7 Å². The van der Waals surface area contributed by atoms with Gasteiger partial charge in [0.15, 0.2) is 5.01 Å². The van der Waals surface area contributed by atoms with E-state index in [1.165, 1.54) is 12.1 Å². The number of hydrogen-bond donors (Lipinski definition) is 2. The summed E-state index contributed by atoms with van der Waals surface area (Å²) in [4.78, 5) is 15.0. The second-order valence-electron chi connectivity index (χ2n) is 4.75. The Labute approximate surface area is 144 Å². The monoisotopic (exact) mass is 371 g/mol. The van der Waals surface area contributed by atoms with Crippen molar-refractivity contribution in [3.63, 3.8) is 0 Å². The van der Waals surface area contributed by atoms with Crippen molar-refractivity contribution in [1.29, 1.82) is 0 Å². The lowest BCUT2D eigenvalue weighted by Crippen LogP contribution is -2.41. The van der Waals surface area contributed by atoms with E-state index in [4.69, 9.17) is 14.9 Å². The van der Waals surface area contributed by atoms with Crippen molar-refractivity contribution in [3.05, 3.63) is 51.5 Å². The van der Waals surface area contributed by atoms with Gasteiger partial charge in [0, 0.05) is 5.56 Å². The summed E-state index contributed by atoms with van der Waals surface area (Å²) in [6.45, 7) is 1.94. The minimum Gasteiger partial charge on any atom is -0.462 e. The molecule has 0 aliphatic carbocycles. The van der Waals surface area contributed by atoms with Crippen molar-refractivity contribution in [2.24, 2.45) is 0 Å². The summed E-state index contributed by atoms with van der Waals surface area (Å²) < 4.78 is 42.4. The number of halogens is 3. The van der Waals surface area contributed by atoms with E-state index in [0.29, 0.717) is 22.5 Å². The number of ether oxygens (including phenoxy) is 1. The number of aliphatic hydroxyl groups is 2. The lowest BCUT2D eigenvalue weighted by atomic mass is 10.1. The van der Waals surface area contributed by atoms with Gasteiger partial charge in [0.25, 0.3) is 0 Å². The molecular weight excluding hydrogens is 359 g/mol. The van der Waals surface area contributed by atoms with E-state index in [9.17, 15) is 18.0 Å². The Morgan fingerprint density at radius 3 is 2.44 bits per heavy atom. The Bertz CT molecular complexity index is 816. The molecule has 1 aromatic carbocycles. The van der Waals surface area contributed by atoms with Crippen molar-refractivity contribution in [3.8, 4) is 11.8 Å². The summed E-state index contributed by atoms with van der Waals surface area (Å²) in [6.07, 6.45) is -4.24. The van der Waals surface area contributed by atoms with Crippen LogP contribution in [-0.4, -0.2) is 33.9 Å². The van der Waals surface area contributed by atoms with Crippen LogP contribution in [0.25, 0.3) is 0 Å². The Kier molecular flexibility index (Phi) is 5.47. The number of thiazole rings is 1. The number of esters is 1. The first-order valence-corrected chi connectivity index (χ1v) is 7.73. The second kappa shape index (κ2) is 7.23. The number of benzene rings is 1. The molecule has 0 bridgehead atoms. The molecule has 25 heavy (non-hydrogen) atoms. The number of carbonyl (C=O) groups is 1. The van der Waals surface area contributed by atoms with Gasteiger partial charge in [-0.05, 0) is 37.1 Å². The zero-order valence-corrected chi connectivity index (χ0v) is 13.6. The normalized spacial score (nSPS) is 11.6. The van der Waals surface area contributed by atoms with E-state index in [1.54, 1.807) is 19.1 Å². The van der Waals surface area contributed by atoms with E-state index >= 15 is 0 Å². The van der Waals surface area contributed by atoms with Crippen LogP contribution >= 0.6 is 11.3 Å². The van der Waals surface area contributed by atoms with Crippen molar-refractivity contribution in [2.75, 3.05) is 6.61 Å². The van der Waals surface area contributed by atoms with Gasteiger partial charge in [-0.25, -0.2) is 9.78 Å². The molecule has 1 heterocycles. The van der Waals surface area contributed by atoms with Gasteiger partial charge in [-0.15, -0.1) is 11.3 Å². The van der Waals surface area contributed by atoms with Gasteiger partial charge < -0.3 is 14.9 Å². The van der Waals surface area contributed by atoms with Gasteiger partial charge in [-0.2, -0.15) is 13.2 Å². The number of nitrogens with zero attached hydrogens (tertiary/aromatic N) is 1. The Morgan fingerprint density at radius 2 is 1.88 bits per heavy atom.